The van der Waals surface area contributed by atoms with Gasteiger partial charge in [0.25, 0.3) is 0 Å². The molecule has 0 atom stereocenters. The summed E-state index contributed by atoms with van der Waals surface area (Å²) in [5.74, 6) is 0.0210. The molecule has 0 aromatic heterocycles. The second kappa shape index (κ2) is 7.59. The normalized spacial score (nSPS) is 16.5. The number of hydrogen-bond acceptors (Lipinski definition) is 4. The number of hydrogen-bond donors (Lipinski definition) is 3. The summed E-state index contributed by atoms with van der Waals surface area (Å²) in [5, 5.41) is 9.90. The van der Waals surface area contributed by atoms with Gasteiger partial charge in [-0.15, -0.1) is 0 Å². The molecule has 1 heterocycles. The molecule has 2 rings (SSSR count). The minimum atomic E-state index is 0.0210. The molecule has 1 aliphatic heterocycles. The molecule has 5 nitrogen and oxygen atoms in total. The lowest BCUT2D eigenvalue weighted by Gasteiger charge is -2.25. The van der Waals surface area contributed by atoms with Gasteiger partial charge in [0.2, 0.25) is 5.91 Å². The van der Waals surface area contributed by atoms with Crippen molar-refractivity contribution in [2.45, 2.75) is 19.3 Å². The Bertz CT molecular complexity index is 516. The quantitative estimate of drug-likeness (QED) is 0.725. The maximum Gasteiger partial charge on any atom is 0.238 e. The predicted octanol–water partition coefficient (Wildman–Crippen LogP) is 2.06. The smallest absolute Gasteiger partial charge is 0.238 e. The fourth-order valence-electron chi connectivity index (χ4n) is 2.45. The van der Waals surface area contributed by atoms with E-state index in [1.54, 1.807) is 0 Å². The second-order valence-corrected chi connectivity index (χ2v) is 5.25. The maximum absolute atomic E-state index is 12.0. The average molecular weight is 286 g/mol. The summed E-state index contributed by atoms with van der Waals surface area (Å²) in [7, 11) is 0. The van der Waals surface area contributed by atoms with Gasteiger partial charge in [0, 0.05) is 17.6 Å². The minimum Gasteiger partial charge on any atom is -0.398 e. The Morgan fingerprint density at radius 2 is 1.90 bits per heavy atom. The van der Waals surface area contributed by atoms with Crippen LogP contribution in [0.4, 0.5) is 5.69 Å². The molecule has 112 valence electrons. The van der Waals surface area contributed by atoms with Crippen molar-refractivity contribution in [2.24, 2.45) is 5.73 Å². The van der Waals surface area contributed by atoms with Crippen LogP contribution >= 0.6 is 0 Å². The van der Waals surface area contributed by atoms with E-state index in [1.165, 1.54) is 25.3 Å². The average Bonchev–Trinajstić information content (AvgIpc) is 2.49. The SMILES string of the molecule is N=C/C=C(\N)c1ccc(NC(=O)CN2CCCCC2)cc1. The molecular weight excluding hydrogens is 264 g/mol. The number of anilines is 1. The standard InChI is InChI=1S/C16H22N4O/c17-9-8-15(18)13-4-6-14(7-5-13)19-16(21)12-20-10-2-1-3-11-20/h4-9,17H,1-3,10-12,18H2,(H,19,21)/b15-8-,17-9?. The fraction of sp³-hybridized carbons (Fsp3) is 0.375. The summed E-state index contributed by atoms with van der Waals surface area (Å²) >= 11 is 0. The van der Waals surface area contributed by atoms with Crippen molar-refractivity contribution in [3.05, 3.63) is 35.9 Å². The van der Waals surface area contributed by atoms with E-state index in [0.717, 1.165) is 30.6 Å². The highest BCUT2D eigenvalue weighted by atomic mass is 16.2. The van der Waals surface area contributed by atoms with E-state index < -0.39 is 0 Å². The van der Waals surface area contributed by atoms with Crippen LogP contribution in [0.1, 0.15) is 24.8 Å². The molecule has 1 amide bonds. The summed E-state index contributed by atoms with van der Waals surface area (Å²) in [6, 6.07) is 7.33. The van der Waals surface area contributed by atoms with Crippen molar-refractivity contribution >= 4 is 23.5 Å². The van der Waals surface area contributed by atoms with Crippen LogP contribution in [-0.2, 0) is 4.79 Å². The molecule has 5 heteroatoms. The number of amides is 1. The molecule has 0 spiro atoms. The summed E-state index contributed by atoms with van der Waals surface area (Å²) in [5.41, 5.74) is 7.94. The van der Waals surface area contributed by atoms with E-state index in [-0.39, 0.29) is 5.91 Å². The number of rotatable bonds is 5. The number of benzene rings is 1. The molecule has 4 N–H and O–H groups in total. The van der Waals surface area contributed by atoms with E-state index in [0.29, 0.717) is 12.2 Å². The molecule has 0 aliphatic carbocycles. The Kier molecular flexibility index (Phi) is 5.51. The Morgan fingerprint density at radius 1 is 1.24 bits per heavy atom. The van der Waals surface area contributed by atoms with E-state index >= 15 is 0 Å². The van der Waals surface area contributed by atoms with Crippen LogP contribution in [0.25, 0.3) is 5.70 Å². The van der Waals surface area contributed by atoms with Crippen LogP contribution in [-0.4, -0.2) is 36.7 Å². The van der Waals surface area contributed by atoms with E-state index in [1.807, 2.05) is 24.3 Å². The molecular formula is C16H22N4O. The van der Waals surface area contributed by atoms with Gasteiger partial charge >= 0.3 is 0 Å². The van der Waals surface area contributed by atoms with Crippen molar-refractivity contribution in [3.63, 3.8) is 0 Å². The molecule has 1 saturated heterocycles. The highest BCUT2D eigenvalue weighted by Crippen LogP contribution is 2.14. The zero-order chi connectivity index (χ0) is 15.1. The zero-order valence-electron chi connectivity index (χ0n) is 12.1. The van der Waals surface area contributed by atoms with Gasteiger partial charge in [-0.25, -0.2) is 0 Å². The van der Waals surface area contributed by atoms with Crippen LogP contribution < -0.4 is 11.1 Å². The topological polar surface area (TPSA) is 82.2 Å². The first-order valence-corrected chi connectivity index (χ1v) is 7.28. The fourth-order valence-corrected chi connectivity index (χ4v) is 2.45. The molecule has 1 aliphatic rings. The van der Waals surface area contributed by atoms with Crippen molar-refractivity contribution in [3.8, 4) is 0 Å². The summed E-state index contributed by atoms with van der Waals surface area (Å²) in [6.45, 7) is 2.48. The van der Waals surface area contributed by atoms with Gasteiger partial charge in [0.05, 0.1) is 6.54 Å². The monoisotopic (exact) mass is 286 g/mol. The van der Waals surface area contributed by atoms with Crippen molar-refractivity contribution in [2.75, 3.05) is 25.0 Å². The molecule has 0 unspecified atom stereocenters. The third kappa shape index (κ3) is 4.72. The lowest BCUT2D eigenvalue weighted by atomic mass is 10.1. The number of carbonyl (C=O) groups is 1. The van der Waals surface area contributed by atoms with Crippen LogP contribution in [0.15, 0.2) is 30.3 Å². The largest absolute Gasteiger partial charge is 0.398 e. The molecule has 0 saturated carbocycles. The first kappa shape index (κ1) is 15.3. The molecule has 1 fully saturated rings. The number of allylic oxidation sites excluding steroid dienone is 1. The van der Waals surface area contributed by atoms with E-state index in [9.17, 15) is 4.79 Å². The first-order chi connectivity index (χ1) is 10.2. The number of likely N-dealkylation sites (tertiary alicyclic amines) is 1. The Morgan fingerprint density at radius 3 is 2.52 bits per heavy atom. The van der Waals surface area contributed by atoms with E-state index in [2.05, 4.69) is 10.2 Å². The summed E-state index contributed by atoms with van der Waals surface area (Å²) in [4.78, 5) is 14.2. The van der Waals surface area contributed by atoms with Crippen LogP contribution in [0.2, 0.25) is 0 Å². The number of piperidine rings is 1. The lowest BCUT2D eigenvalue weighted by Crippen LogP contribution is -2.36. The van der Waals surface area contributed by atoms with Gasteiger partial charge in [-0.1, -0.05) is 18.6 Å². The third-order valence-corrected chi connectivity index (χ3v) is 3.58. The van der Waals surface area contributed by atoms with Gasteiger partial charge in [-0.3, -0.25) is 9.69 Å². The Labute approximate surface area is 125 Å². The van der Waals surface area contributed by atoms with Crippen molar-refractivity contribution in [1.82, 2.24) is 4.90 Å². The lowest BCUT2D eigenvalue weighted by molar-refractivity contribution is -0.117. The van der Waals surface area contributed by atoms with Crippen LogP contribution in [0, 0.1) is 5.41 Å². The summed E-state index contributed by atoms with van der Waals surface area (Å²) in [6.07, 6.45) is 6.32. The van der Waals surface area contributed by atoms with Gasteiger partial charge in [-0.05, 0) is 49.7 Å². The van der Waals surface area contributed by atoms with Gasteiger partial charge in [0.1, 0.15) is 0 Å². The first-order valence-electron chi connectivity index (χ1n) is 7.28. The number of nitrogens with zero attached hydrogens (tertiary/aromatic N) is 1. The highest BCUT2D eigenvalue weighted by Gasteiger charge is 2.13. The molecule has 0 radical (unpaired) electrons. The minimum absolute atomic E-state index is 0.0210. The molecule has 1 aromatic carbocycles. The van der Waals surface area contributed by atoms with Crippen LogP contribution in [0.5, 0.6) is 0 Å². The van der Waals surface area contributed by atoms with Gasteiger partial charge in [0.15, 0.2) is 0 Å². The van der Waals surface area contributed by atoms with Crippen molar-refractivity contribution < 1.29 is 4.79 Å². The molecule has 0 bridgehead atoms. The van der Waals surface area contributed by atoms with Gasteiger partial charge < -0.3 is 16.5 Å². The Hall–Kier alpha value is -2.14. The van der Waals surface area contributed by atoms with Crippen molar-refractivity contribution in [1.29, 1.82) is 5.41 Å². The number of nitrogens with two attached hydrogens (primary N) is 1. The third-order valence-electron chi connectivity index (χ3n) is 3.58. The predicted molar refractivity (Wildman–Crippen MR) is 86.3 cm³/mol. The number of carbonyl (C=O) groups excluding carboxylic acids is 1. The second-order valence-electron chi connectivity index (χ2n) is 5.25. The molecule has 21 heavy (non-hydrogen) atoms. The zero-order valence-corrected chi connectivity index (χ0v) is 12.1. The summed E-state index contributed by atoms with van der Waals surface area (Å²) < 4.78 is 0. The van der Waals surface area contributed by atoms with E-state index in [4.69, 9.17) is 11.1 Å². The van der Waals surface area contributed by atoms with Gasteiger partial charge in [-0.2, -0.15) is 0 Å². The number of nitrogens with one attached hydrogen (secondary N) is 2. The highest BCUT2D eigenvalue weighted by molar-refractivity contribution is 5.92. The Balaban J connectivity index is 1.89. The molecule has 1 aromatic rings. The van der Waals surface area contributed by atoms with Crippen LogP contribution in [0.3, 0.4) is 0 Å². The maximum atomic E-state index is 12.0.